The lowest BCUT2D eigenvalue weighted by molar-refractivity contribution is -0.111. The SMILES string of the molecule is CCOC(=O)c1c(NC(=O)/C=C/c2ccc(OCc3ccccc3C)c(OC)c2)sc(C)c1-c1ccc(Cl)cc1. The molecule has 206 valence electrons. The van der Waals surface area contributed by atoms with Crippen molar-refractivity contribution in [2.75, 3.05) is 19.0 Å². The van der Waals surface area contributed by atoms with Crippen molar-refractivity contribution in [3.63, 3.8) is 0 Å². The lowest BCUT2D eigenvalue weighted by Gasteiger charge is -2.12. The summed E-state index contributed by atoms with van der Waals surface area (Å²) >= 11 is 7.38. The predicted molar refractivity (Wildman–Crippen MR) is 162 cm³/mol. The Bertz CT molecular complexity index is 1540. The van der Waals surface area contributed by atoms with E-state index < -0.39 is 5.97 Å². The van der Waals surface area contributed by atoms with E-state index >= 15 is 0 Å². The molecule has 0 unspecified atom stereocenters. The predicted octanol–water partition coefficient (Wildman–Crippen LogP) is 8.10. The van der Waals surface area contributed by atoms with Crippen LogP contribution in [0.1, 0.15) is 38.8 Å². The third-order valence-corrected chi connectivity index (χ3v) is 7.47. The summed E-state index contributed by atoms with van der Waals surface area (Å²) in [6.07, 6.45) is 3.09. The quantitative estimate of drug-likeness (QED) is 0.153. The van der Waals surface area contributed by atoms with Crippen molar-refractivity contribution in [2.24, 2.45) is 0 Å². The second kappa shape index (κ2) is 13.3. The fourth-order valence-electron chi connectivity index (χ4n) is 4.16. The van der Waals surface area contributed by atoms with Crippen LogP contribution in [-0.2, 0) is 16.1 Å². The molecule has 4 rings (SSSR count). The Morgan fingerprint density at radius 3 is 2.45 bits per heavy atom. The number of esters is 1. The van der Waals surface area contributed by atoms with Gasteiger partial charge in [-0.05, 0) is 73.4 Å². The Kier molecular flexibility index (Phi) is 9.64. The Hall–Kier alpha value is -4.07. The molecule has 1 amide bonds. The van der Waals surface area contributed by atoms with E-state index in [1.807, 2.05) is 62.4 Å². The molecule has 1 heterocycles. The third kappa shape index (κ3) is 6.92. The fraction of sp³-hybridized carbons (Fsp3) is 0.188. The maximum atomic E-state index is 12.9. The Labute approximate surface area is 243 Å². The number of aryl methyl sites for hydroxylation is 2. The minimum atomic E-state index is -0.498. The first kappa shape index (κ1) is 28.9. The number of carbonyl (C=O) groups is 2. The normalized spacial score (nSPS) is 10.9. The topological polar surface area (TPSA) is 73.9 Å². The van der Waals surface area contributed by atoms with Crippen molar-refractivity contribution in [3.05, 3.63) is 105 Å². The molecule has 0 saturated heterocycles. The van der Waals surface area contributed by atoms with Gasteiger partial charge in [0.15, 0.2) is 11.5 Å². The Morgan fingerprint density at radius 1 is 1.00 bits per heavy atom. The molecule has 0 aliphatic rings. The van der Waals surface area contributed by atoms with Crippen LogP contribution >= 0.6 is 22.9 Å². The van der Waals surface area contributed by atoms with Gasteiger partial charge in [0.05, 0.1) is 13.7 Å². The van der Waals surface area contributed by atoms with Crippen LogP contribution in [-0.4, -0.2) is 25.6 Å². The van der Waals surface area contributed by atoms with Crippen molar-refractivity contribution in [3.8, 4) is 22.6 Å². The summed E-state index contributed by atoms with van der Waals surface area (Å²) in [6.45, 7) is 6.32. The molecule has 0 aliphatic carbocycles. The highest BCUT2D eigenvalue weighted by Crippen LogP contribution is 2.40. The van der Waals surface area contributed by atoms with Gasteiger partial charge in [0.1, 0.15) is 17.2 Å². The number of ether oxygens (including phenoxy) is 3. The molecule has 0 bridgehead atoms. The zero-order valence-electron chi connectivity index (χ0n) is 22.7. The van der Waals surface area contributed by atoms with Gasteiger partial charge in [0.25, 0.3) is 0 Å². The largest absolute Gasteiger partial charge is 0.493 e. The minimum absolute atomic E-state index is 0.216. The van der Waals surface area contributed by atoms with Crippen LogP contribution in [0.3, 0.4) is 0 Å². The van der Waals surface area contributed by atoms with E-state index in [9.17, 15) is 9.59 Å². The highest BCUT2D eigenvalue weighted by molar-refractivity contribution is 7.17. The summed E-state index contributed by atoms with van der Waals surface area (Å²) in [4.78, 5) is 26.7. The number of halogens is 1. The molecule has 4 aromatic rings. The van der Waals surface area contributed by atoms with E-state index in [2.05, 4.69) is 5.32 Å². The van der Waals surface area contributed by atoms with Crippen molar-refractivity contribution in [1.29, 1.82) is 0 Å². The van der Waals surface area contributed by atoms with Crippen LogP contribution in [0.25, 0.3) is 17.2 Å². The van der Waals surface area contributed by atoms with Gasteiger partial charge in [-0.2, -0.15) is 0 Å². The maximum Gasteiger partial charge on any atom is 0.341 e. The van der Waals surface area contributed by atoms with Crippen LogP contribution in [0, 0.1) is 13.8 Å². The monoisotopic (exact) mass is 575 g/mol. The third-order valence-electron chi connectivity index (χ3n) is 6.19. The van der Waals surface area contributed by atoms with E-state index in [1.54, 1.807) is 38.3 Å². The fourth-order valence-corrected chi connectivity index (χ4v) is 5.35. The molecule has 0 saturated carbocycles. The lowest BCUT2D eigenvalue weighted by atomic mass is 10.0. The average molecular weight is 576 g/mol. The zero-order valence-corrected chi connectivity index (χ0v) is 24.3. The number of benzene rings is 3. The molecule has 6 nitrogen and oxygen atoms in total. The van der Waals surface area contributed by atoms with E-state index in [1.165, 1.54) is 17.4 Å². The van der Waals surface area contributed by atoms with Gasteiger partial charge in [-0.15, -0.1) is 11.3 Å². The number of thiophene rings is 1. The molecule has 1 aromatic heterocycles. The van der Waals surface area contributed by atoms with Crippen molar-refractivity contribution < 1.29 is 23.8 Å². The average Bonchev–Trinajstić information content (AvgIpc) is 3.27. The first-order valence-electron chi connectivity index (χ1n) is 12.7. The molecular weight excluding hydrogens is 546 g/mol. The number of hydrogen-bond donors (Lipinski definition) is 1. The molecule has 3 aromatic carbocycles. The second-order valence-electron chi connectivity index (χ2n) is 8.91. The van der Waals surface area contributed by atoms with Gasteiger partial charge in [-0.25, -0.2) is 4.79 Å². The summed E-state index contributed by atoms with van der Waals surface area (Å²) in [6, 6.07) is 20.7. The number of anilines is 1. The van der Waals surface area contributed by atoms with Crippen LogP contribution in [0.4, 0.5) is 5.00 Å². The van der Waals surface area contributed by atoms with E-state index in [0.29, 0.717) is 39.3 Å². The lowest BCUT2D eigenvalue weighted by Crippen LogP contribution is -2.12. The van der Waals surface area contributed by atoms with Crippen molar-refractivity contribution >= 4 is 45.9 Å². The first-order chi connectivity index (χ1) is 19.3. The number of rotatable bonds is 10. The molecule has 0 aliphatic heterocycles. The second-order valence-corrected chi connectivity index (χ2v) is 10.6. The van der Waals surface area contributed by atoms with Crippen LogP contribution in [0.2, 0.25) is 5.02 Å². The number of amides is 1. The van der Waals surface area contributed by atoms with Gasteiger partial charge in [0.2, 0.25) is 5.91 Å². The standard InChI is InChI=1S/C32H30ClNO5S/c1-5-38-32(36)30-29(23-12-14-25(33)15-13-23)21(3)40-31(30)34-28(35)17-11-22-10-16-26(27(18-22)37-4)39-19-24-9-7-6-8-20(24)2/h6-18H,5,19H2,1-4H3,(H,34,35)/b17-11+. The smallest absolute Gasteiger partial charge is 0.341 e. The Morgan fingerprint density at radius 2 is 1.75 bits per heavy atom. The molecule has 0 fully saturated rings. The van der Waals surface area contributed by atoms with Gasteiger partial charge >= 0.3 is 5.97 Å². The minimum Gasteiger partial charge on any atom is -0.493 e. The van der Waals surface area contributed by atoms with Gasteiger partial charge in [0, 0.05) is 21.5 Å². The van der Waals surface area contributed by atoms with Gasteiger partial charge in [-0.1, -0.05) is 54.1 Å². The number of carbonyl (C=O) groups excluding carboxylic acids is 2. The molecule has 1 N–H and O–H groups in total. The molecule has 0 spiro atoms. The number of nitrogens with one attached hydrogen (secondary N) is 1. The molecule has 0 atom stereocenters. The molecule has 0 radical (unpaired) electrons. The van der Waals surface area contributed by atoms with Crippen molar-refractivity contribution in [1.82, 2.24) is 0 Å². The van der Waals surface area contributed by atoms with Crippen molar-refractivity contribution in [2.45, 2.75) is 27.4 Å². The van der Waals surface area contributed by atoms with E-state index in [4.69, 9.17) is 25.8 Å². The van der Waals surface area contributed by atoms with Gasteiger partial charge < -0.3 is 19.5 Å². The van der Waals surface area contributed by atoms with Crippen LogP contribution < -0.4 is 14.8 Å². The van der Waals surface area contributed by atoms with Gasteiger partial charge in [-0.3, -0.25) is 4.79 Å². The number of methoxy groups -OCH3 is 1. The zero-order chi connectivity index (χ0) is 28.6. The van der Waals surface area contributed by atoms with E-state index in [0.717, 1.165) is 27.1 Å². The summed E-state index contributed by atoms with van der Waals surface area (Å²) < 4.78 is 16.8. The highest BCUT2D eigenvalue weighted by Gasteiger charge is 2.25. The van der Waals surface area contributed by atoms with E-state index in [-0.39, 0.29) is 12.5 Å². The summed E-state index contributed by atoms with van der Waals surface area (Å²) in [7, 11) is 1.57. The Balaban J connectivity index is 1.52. The maximum absolute atomic E-state index is 12.9. The summed E-state index contributed by atoms with van der Waals surface area (Å²) in [5, 5.41) is 3.87. The molecular formula is C32H30ClNO5S. The number of hydrogen-bond acceptors (Lipinski definition) is 6. The summed E-state index contributed by atoms with van der Waals surface area (Å²) in [5.41, 5.74) is 4.85. The highest BCUT2D eigenvalue weighted by atomic mass is 35.5. The van der Waals surface area contributed by atoms with Crippen LogP contribution in [0.5, 0.6) is 11.5 Å². The first-order valence-corrected chi connectivity index (χ1v) is 13.9. The molecule has 8 heteroatoms. The van der Waals surface area contributed by atoms with Crippen LogP contribution in [0.15, 0.2) is 72.8 Å². The molecule has 40 heavy (non-hydrogen) atoms. The summed E-state index contributed by atoms with van der Waals surface area (Å²) in [5.74, 6) is 0.285.